The first-order chi connectivity index (χ1) is 16.1. The highest BCUT2D eigenvalue weighted by molar-refractivity contribution is 5.90. The normalized spacial score (nSPS) is 11.4. The van der Waals surface area contributed by atoms with Gasteiger partial charge in [0, 0.05) is 23.9 Å². The number of hydrogen-bond donors (Lipinski definition) is 0. The lowest BCUT2D eigenvalue weighted by Crippen LogP contribution is -2.09. The third-order valence-corrected chi connectivity index (χ3v) is 4.64. The predicted molar refractivity (Wildman–Crippen MR) is 107 cm³/mol. The fourth-order valence-corrected chi connectivity index (χ4v) is 2.88. The number of carbonyl (C=O) groups excluding carboxylic acids is 1. The quantitative estimate of drug-likeness (QED) is 0.231. The average molecular weight is 474 g/mol. The van der Waals surface area contributed by atoms with Crippen LogP contribution in [-0.2, 0) is 17.5 Å². The number of ether oxygens (including phenoxy) is 1. The van der Waals surface area contributed by atoms with Gasteiger partial charge < -0.3 is 9.15 Å². The number of halogens is 3. The van der Waals surface area contributed by atoms with Crippen molar-refractivity contribution in [2.45, 2.75) is 19.7 Å². The number of benzene rings is 1. The Morgan fingerprint density at radius 3 is 2.50 bits per heavy atom. The van der Waals surface area contributed by atoms with Gasteiger partial charge in [0.15, 0.2) is 12.4 Å². The molecule has 0 N–H and O–H groups in total. The Hall–Kier alpha value is -4.62. The number of nitro benzene ring substituents is 1. The van der Waals surface area contributed by atoms with Crippen molar-refractivity contribution in [3.63, 3.8) is 0 Å². The molecule has 0 saturated heterocycles. The van der Waals surface area contributed by atoms with Gasteiger partial charge in [0.05, 0.1) is 22.4 Å². The van der Waals surface area contributed by atoms with Crippen LogP contribution in [0.4, 0.5) is 18.9 Å². The fourth-order valence-electron chi connectivity index (χ4n) is 2.88. The molecule has 14 heteroatoms. The summed E-state index contributed by atoms with van der Waals surface area (Å²) in [5, 5.41) is 22.3. The molecule has 0 unspecified atom stereocenters. The fraction of sp³-hybridized carbons (Fsp3) is 0.150. The van der Waals surface area contributed by atoms with Crippen LogP contribution in [0, 0.1) is 17.0 Å². The van der Waals surface area contributed by atoms with Gasteiger partial charge in [0.2, 0.25) is 5.89 Å². The molecule has 0 radical (unpaired) electrons. The molecule has 34 heavy (non-hydrogen) atoms. The summed E-state index contributed by atoms with van der Waals surface area (Å²) in [6.45, 7) is 1.17. The van der Waals surface area contributed by atoms with E-state index in [2.05, 4.69) is 20.3 Å². The van der Waals surface area contributed by atoms with E-state index in [1.54, 1.807) is 0 Å². The van der Waals surface area contributed by atoms with Crippen LogP contribution in [0.1, 0.15) is 27.5 Å². The molecule has 0 fully saturated rings. The van der Waals surface area contributed by atoms with Crippen molar-refractivity contribution < 1.29 is 32.0 Å². The van der Waals surface area contributed by atoms with Crippen molar-refractivity contribution in [1.29, 1.82) is 0 Å². The minimum absolute atomic E-state index is 0.0175. The molecular weight excluding hydrogens is 461 g/mol. The number of nitrogens with zero attached hydrogens (tertiary/aromatic N) is 6. The Bertz CT molecular complexity index is 1350. The Kier molecular flexibility index (Phi) is 5.79. The van der Waals surface area contributed by atoms with Crippen LogP contribution in [0.2, 0.25) is 0 Å². The lowest BCUT2D eigenvalue weighted by atomic mass is 10.2. The second kappa shape index (κ2) is 8.73. The van der Waals surface area contributed by atoms with Gasteiger partial charge in [0.25, 0.3) is 11.6 Å². The SMILES string of the molecule is Cc1c(C(=O)OCc2nnc(-c3ccc([N+](=O)[O-])cc3)o2)cnn1-c1ccc(C(F)(F)F)cn1. The van der Waals surface area contributed by atoms with Crippen molar-refractivity contribution in [2.24, 2.45) is 0 Å². The molecule has 0 atom stereocenters. The number of aromatic nitrogens is 5. The number of carbonyl (C=O) groups is 1. The largest absolute Gasteiger partial charge is 0.452 e. The molecular formula is C20H13F3N6O5. The van der Waals surface area contributed by atoms with E-state index in [-0.39, 0.29) is 35.5 Å². The molecule has 3 aromatic heterocycles. The van der Waals surface area contributed by atoms with Crippen molar-refractivity contribution in [3.8, 4) is 17.3 Å². The number of alkyl halides is 3. The average Bonchev–Trinajstić information content (AvgIpc) is 3.44. The summed E-state index contributed by atoms with van der Waals surface area (Å²) < 4.78 is 49.9. The lowest BCUT2D eigenvalue weighted by Gasteiger charge is -2.08. The summed E-state index contributed by atoms with van der Waals surface area (Å²) in [6, 6.07) is 7.44. The first-order valence-electron chi connectivity index (χ1n) is 9.46. The first-order valence-corrected chi connectivity index (χ1v) is 9.46. The summed E-state index contributed by atoms with van der Waals surface area (Å²) in [7, 11) is 0. The second-order valence-electron chi connectivity index (χ2n) is 6.84. The van der Waals surface area contributed by atoms with Crippen LogP contribution >= 0.6 is 0 Å². The Labute approximate surface area is 188 Å². The van der Waals surface area contributed by atoms with Gasteiger partial charge in [-0.1, -0.05) is 0 Å². The third-order valence-electron chi connectivity index (χ3n) is 4.64. The van der Waals surface area contributed by atoms with Crippen LogP contribution in [0.3, 0.4) is 0 Å². The summed E-state index contributed by atoms with van der Waals surface area (Å²) in [5.41, 5.74) is -0.198. The highest BCUT2D eigenvalue weighted by Crippen LogP contribution is 2.29. The third kappa shape index (κ3) is 4.60. The number of rotatable bonds is 6. The maximum Gasteiger partial charge on any atom is 0.417 e. The molecule has 4 rings (SSSR count). The molecule has 0 saturated carbocycles. The standard InChI is InChI=1S/C20H13F3N6O5/c1-11-15(9-25-28(11)16-7-4-13(8-24-16)20(21,22)23)19(30)33-10-17-26-27-18(34-17)12-2-5-14(6-3-12)29(31)32/h2-9H,10H2,1H3. The molecule has 0 aliphatic rings. The number of hydrogen-bond acceptors (Lipinski definition) is 9. The Morgan fingerprint density at radius 1 is 1.15 bits per heavy atom. The maximum absolute atomic E-state index is 12.7. The molecule has 4 aromatic rings. The van der Waals surface area contributed by atoms with Crippen molar-refractivity contribution in [1.82, 2.24) is 25.0 Å². The molecule has 0 bridgehead atoms. The second-order valence-corrected chi connectivity index (χ2v) is 6.84. The molecule has 174 valence electrons. The number of nitro groups is 1. The number of esters is 1. The Balaban J connectivity index is 1.42. The van der Waals surface area contributed by atoms with Gasteiger partial charge in [-0.3, -0.25) is 10.1 Å². The summed E-state index contributed by atoms with van der Waals surface area (Å²) in [6.07, 6.45) is -2.65. The van der Waals surface area contributed by atoms with E-state index >= 15 is 0 Å². The van der Waals surface area contributed by atoms with Gasteiger partial charge in [-0.05, 0) is 31.2 Å². The van der Waals surface area contributed by atoms with Crippen molar-refractivity contribution in [2.75, 3.05) is 0 Å². The van der Waals surface area contributed by atoms with E-state index in [0.717, 1.165) is 12.1 Å². The molecule has 0 amide bonds. The highest BCUT2D eigenvalue weighted by Gasteiger charge is 2.31. The topological polar surface area (TPSA) is 139 Å². The molecule has 11 nitrogen and oxygen atoms in total. The smallest absolute Gasteiger partial charge is 0.417 e. The molecule has 0 spiro atoms. The van der Waals surface area contributed by atoms with E-state index in [1.165, 1.54) is 42.1 Å². The summed E-state index contributed by atoms with van der Waals surface area (Å²) in [4.78, 5) is 26.4. The van der Waals surface area contributed by atoms with E-state index in [4.69, 9.17) is 9.15 Å². The molecule has 0 aliphatic heterocycles. The zero-order valence-corrected chi connectivity index (χ0v) is 17.2. The Morgan fingerprint density at radius 2 is 1.88 bits per heavy atom. The van der Waals surface area contributed by atoms with Crippen molar-refractivity contribution in [3.05, 3.63) is 81.6 Å². The molecule has 0 aliphatic carbocycles. The zero-order chi connectivity index (χ0) is 24.5. The van der Waals surface area contributed by atoms with Crippen molar-refractivity contribution >= 4 is 11.7 Å². The van der Waals surface area contributed by atoms with Crippen LogP contribution in [0.15, 0.2) is 53.2 Å². The van der Waals surface area contributed by atoms with E-state index in [1.807, 2.05) is 0 Å². The first kappa shape index (κ1) is 22.6. The lowest BCUT2D eigenvalue weighted by molar-refractivity contribution is -0.384. The highest BCUT2D eigenvalue weighted by atomic mass is 19.4. The minimum Gasteiger partial charge on any atom is -0.452 e. The minimum atomic E-state index is -4.52. The molecule has 1 aromatic carbocycles. The van der Waals surface area contributed by atoms with E-state index < -0.39 is 22.6 Å². The predicted octanol–water partition coefficient (Wildman–Crippen LogP) is 3.91. The number of non-ortho nitro benzene ring substituents is 1. The van der Waals surface area contributed by atoms with Gasteiger partial charge in [0.1, 0.15) is 5.56 Å². The van der Waals surface area contributed by atoms with Gasteiger partial charge >= 0.3 is 12.1 Å². The van der Waals surface area contributed by atoms with Gasteiger partial charge in [-0.25, -0.2) is 14.5 Å². The zero-order valence-electron chi connectivity index (χ0n) is 17.2. The van der Waals surface area contributed by atoms with E-state index in [9.17, 15) is 28.1 Å². The monoisotopic (exact) mass is 474 g/mol. The van der Waals surface area contributed by atoms with Crippen LogP contribution in [0.5, 0.6) is 0 Å². The summed E-state index contributed by atoms with van der Waals surface area (Å²) in [5.74, 6) is -0.616. The van der Waals surface area contributed by atoms with E-state index in [0.29, 0.717) is 17.5 Å². The van der Waals surface area contributed by atoms with Gasteiger partial charge in [-0.15, -0.1) is 10.2 Å². The van der Waals surface area contributed by atoms with Crippen LogP contribution in [0.25, 0.3) is 17.3 Å². The maximum atomic E-state index is 12.7. The van der Waals surface area contributed by atoms with Crippen LogP contribution in [-0.4, -0.2) is 35.9 Å². The van der Waals surface area contributed by atoms with Crippen LogP contribution < -0.4 is 0 Å². The molecule has 3 heterocycles. The van der Waals surface area contributed by atoms with Gasteiger partial charge in [-0.2, -0.15) is 18.3 Å². The number of pyridine rings is 1. The summed E-state index contributed by atoms with van der Waals surface area (Å²) >= 11 is 0.